The van der Waals surface area contributed by atoms with E-state index in [2.05, 4.69) is 4.72 Å². The second kappa shape index (κ2) is 9.06. The van der Waals surface area contributed by atoms with Crippen LogP contribution in [0.2, 0.25) is 0 Å². The van der Waals surface area contributed by atoms with Gasteiger partial charge in [0.05, 0.1) is 30.9 Å². The summed E-state index contributed by atoms with van der Waals surface area (Å²) in [6.45, 7) is 0. The number of anilines is 1. The molecule has 176 valence electrons. The zero-order valence-corrected chi connectivity index (χ0v) is 19.8. The quantitative estimate of drug-likeness (QED) is 0.262. The second-order valence-corrected chi connectivity index (χ2v) is 9.35. The number of nitrogen functional groups attached to an aromatic ring is 1. The van der Waals surface area contributed by atoms with E-state index in [-0.39, 0.29) is 16.5 Å². The number of sulfonamides is 1. The largest absolute Gasteiger partial charge is 0.497 e. The number of fused-ring (bicyclic) bond motifs is 1. The lowest BCUT2D eigenvalue weighted by Crippen LogP contribution is -2.14. The fourth-order valence-corrected chi connectivity index (χ4v) is 4.89. The van der Waals surface area contributed by atoms with Gasteiger partial charge in [-0.15, -0.1) is 0 Å². The van der Waals surface area contributed by atoms with Gasteiger partial charge in [-0.05, 0) is 35.9 Å². The van der Waals surface area contributed by atoms with Crippen LogP contribution in [-0.2, 0) is 23.5 Å². The molecule has 3 aromatic carbocycles. The first-order chi connectivity index (χ1) is 16.2. The first kappa shape index (κ1) is 23.1. The molecule has 0 saturated carbocycles. The maximum Gasteiger partial charge on any atom is 0.265 e. The molecule has 0 spiro atoms. The number of amidine groups is 1. The van der Waals surface area contributed by atoms with Gasteiger partial charge in [0.15, 0.2) is 0 Å². The SMILES string of the molecule is COc1ccc(OC)c(S(=O)(=O)Nc2ccc3c(c2)nc(Cc2ccc(C(=N)N)cc2)n3C)c1. The Labute approximate surface area is 197 Å². The Kier molecular flexibility index (Phi) is 6.16. The lowest BCUT2D eigenvalue weighted by molar-refractivity contribution is 0.392. The minimum absolute atomic E-state index is 0.0230. The third-order valence-electron chi connectivity index (χ3n) is 5.51. The average molecular weight is 480 g/mol. The molecular weight excluding hydrogens is 454 g/mol. The van der Waals surface area contributed by atoms with Crippen molar-refractivity contribution in [2.24, 2.45) is 12.8 Å². The maximum atomic E-state index is 13.1. The van der Waals surface area contributed by atoms with E-state index < -0.39 is 10.0 Å². The summed E-state index contributed by atoms with van der Waals surface area (Å²) < 4.78 is 41.1. The zero-order chi connectivity index (χ0) is 24.5. The van der Waals surface area contributed by atoms with Crippen LogP contribution in [0.3, 0.4) is 0 Å². The van der Waals surface area contributed by atoms with Crippen LogP contribution < -0.4 is 19.9 Å². The van der Waals surface area contributed by atoms with Crippen molar-refractivity contribution in [3.05, 3.63) is 77.6 Å². The molecule has 0 unspecified atom stereocenters. The standard InChI is InChI=1S/C24H25N5O4S/c1-29-20-10-8-17(28-34(30,31)22-14-18(32-2)9-11-21(22)33-3)13-19(20)27-23(29)12-15-4-6-16(7-5-15)24(25)26/h4-11,13-14,28H,12H2,1-3H3,(H3,25,26). The molecule has 1 aromatic heterocycles. The highest BCUT2D eigenvalue weighted by molar-refractivity contribution is 7.92. The number of nitrogens with zero attached hydrogens (tertiary/aromatic N) is 2. The summed E-state index contributed by atoms with van der Waals surface area (Å²) in [5.74, 6) is 1.46. The highest BCUT2D eigenvalue weighted by Gasteiger charge is 2.21. The van der Waals surface area contributed by atoms with E-state index in [4.69, 9.17) is 25.6 Å². The molecule has 0 amide bonds. The fraction of sp³-hybridized carbons (Fsp3) is 0.167. The Morgan fingerprint density at radius 2 is 1.79 bits per heavy atom. The number of aryl methyl sites for hydroxylation is 1. The molecular formula is C24H25N5O4S. The average Bonchev–Trinajstić information content (AvgIpc) is 3.13. The molecule has 0 atom stereocenters. The highest BCUT2D eigenvalue weighted by Crippen LogP contribution is 2.30. The lowest BCUT2D eigenvalue weighted by Gasteiger charge is -2.13. The van der Waals surface area contributed by atoms with Crippen molar-refractivity contribution in [2.75, 3.05) is 18.9 Å². The van der Waals surface area contributed by atoms with E-state index in [1.54, 1.807) is 36.4 Å². The topological polar surface area (TPSA) is 132 Å². The first-order valence-electron chi connectivity index (χ1n) is 10.4. The Morgan fingerprint density at radius 3 is 2.44 bits per heavy atom. The molecule has 10 heteroatoms. The van der Waals surface area contributed by atoms with Crippen LogP contribution in [0.25, 0.3) is 11.0 Å². The van der Waals surface area contributed by atoms with Crippen molar-refractivity contribution in [3.8, 4) is 11.5 Å². The molecule has 1 heterocycles. The number of hydrogen-bond donors (Lipinski definition) is 3. The molecule has 0 aliphatic rings. The van der Waals surface area contributed by atoms with Crippen LogP contribution >= 0.6 is 0 Å². The van der Waals surface area contributed by atoms with Gasteiger partial charge in [-0.2, -0.15) is 0 Å². The van der Waals surface area contributed by atoms with Gasteiger partial charge in [0.2, 0.25) is 0 Å². The van der Waals surface area contributed by atoms with Crippen LogP contribution in [0.15, 0.2) is 65.6 Å². The number of ether oxygens (including phenoxy) is 2. The Balaban J connectivity index is 1.62. The van der Waals surface area contributed by atoms with Crippen LogP contribution in [0, 0.1) is 5.41 Å². The van der Waals surface area contributed by atoms with Gasteiger partial charge in [-0.1, -0.05) is 24.3 Å². The number of nitrogens with one attached hydrogen (secondary N) is 2. The van der Waals surface area contributed by atoms with E-state index in [9.17, 15) is 8.42 Å². The van der Waals surface area contributed by atoms with Crippen molar-refractivity contribution in [2.45, 2.75) is 11.3 Å². The first-order valence-corrected chi connectivity index (χ1v) is 11.8. The summed E-state index contributed by atoms with van der Waals surface area (Å²) in [4.78, 5) is 4.68. The van der Waals surface area contributed by atoms with Gasteiger partial charge in [0.25, 0.3) is 10.0 Å². The number of nitrogens with two attached hydrogens (primary N) is 1. The van der Waals surface area contributed by atoms with Gasteiger partial charge in [-0.3, -0.25) is 10.1 Å². The van der Waals surface area contributed by atoms with Gasteiger partial charge in [0, 0.05) is 25.1 Å². The summed E-state index contributed by atoms with van der Waals surface area (Å²) in [6.07, 6.45) is 0.575. The van der Waals surface area contributed by atoms with Crippen LogP contribution in [-0.4, -0.2) is 38.0 Å². The van der Waals surface area contributed by atoms with Crippen LogP contribution in [0.4, 0.5) is 5.69 Å². The number of aromatic nitrogens is 2. The molecule has 9 nitrogen and oxygen atoms in total. The zero-order valence-electron chi connectivity index (χ0n) is 19.0. The summed E-state index contributed by atoms with van der Waals surface area (Å²) >= 11 is 0. The Bertz CT molecular complexity index is 1480. The summed E-state index contributed by atoms with van der Waals surface area (Å²) in [7, 11) is 0.860. The highest BCUT2D eigenvalue weighted by atomic mass is 32.2. The molecule has 0 bridgehead atoms. The normalized spacial score (nSPS) is 11.4. The molecule has 0 radical (unpaired) electrons. The summed E-state index contributed by atoms with van der Waals surface area (Å²) in [5.41, 5.74) is 9.13. The Hall–Kier alpha value is -4.05. The monoisotopic (exact) mass is 479 g/mol. The van der Waals surface area contributed by atoms with E-state index in [1.165, 1.54) is 20.3 Å². The molecule has 34 heavy (non-hydrogen) atoms. The Morgan fingerprint density at radius 1 is 1.06 bits per heavy atom. The third kappa shape index (κ3) is 4.53. The van der Waals surface area contributed by atoms with Crippen LogP contribution in [0.1, 0.15) is 17.0 Å². The van der Waals surface area contributed by atoms with Gasteiger partial charge in [-0.25, -0.2) is 13.4 Å². The lowest BCUT2D eigenvalue weighted by atomic mass is 10.1. The summed E-state index contributed by atoms with van der Waals surface area (Å²) in [6, 6.07) is 17.2. The molecule has 0 aliphatic carbocycles. The smallest absolute Gasteiger partial charge is 0.265 e. The molecule has 4 rings (SSSR count). The fourth-order valence-electron chi connectivity index (χ4n) is 3.66. The van der Waals surface area contributed by atoms with Gasteiger partial charge < -0.3 is 19.8 Å². The predicted molar refractivity (Wildman–Crippen MR) is 131 cm³/mol. The van der Waals surface area contributed by atoms with Crippen molar-refractivity contribution >= 4 is 32.6 Å². The summed E-state index contributed by atoms with van der Waals surface area (Å²) in [5, 5.41) is 7.51. The van der Waals surface area contributed by atoms with E-state index >= 15 is 0 Å². The molecule has 4 N–H and O–H groups in total. The second-order valence-electron chi connectivity index (χ2n) is 7.70. The number of imidazole rings is 1. The van der Waals surface area contributed by atoms with Crippen molar-refractivity contribution in [1.82, 2.24) is 9.55 Å². The van der Waals surface area contributed by atoms with Crippen molar-refractivity contribution in [3.63, 3.8) is 0 Å². The minimum Gasteiger partial charge on any atom is -0.497 e. The third-order valence-corrected chi connectivity index (χ3v) is 6.92. The van der Waals surface area contributed by atoms with Crippen molar-refractivity contribution < 1.29 is 17.9 Å². The molecule has 0 aliphatic heterocycles. The maximum absolute atomic E-state index is 13.1. The molecule has 0 saturated heterocycles. The predicted octanol–water partition coefficient (Wildman–Crippen LogP) is 3.27. The minimum atomic E-state index is -3.94. The number of methoxy groups -OCH3 is 2. The van der Waals surface area contributed by atoms with Crippen LogP contribution in [0.5, 0.6) is 11.5 Å². The van der Waals surface area contributed by atoms with Crippen molar-refractivity contribution in [1.29, 1.82) is 5.41 Å². The van der Waals surface area contributed by atoms with E-state index in [1.807, 2.05) is 29.8 Å². The molecule has 4 aromatic rings. The number of rotatable bonds is 8. The number of hydrogen-bond acceptors (Lipinski definition) is 6. The van der Waals surface area contributed by atoms with E-state index in [0.29, 0.717) is 28.9 Å². The van der Waals surface area contributed by atoms with E-state index in [0.717, 1.165) is 16.9 Å². The van der Waals surface area contributed by atoms with Gasteiger partial charge >= 0.3 is 0 Å². The molecule has 0 fully saturated rings. The van der Waals surface area contributed by atoms with Gasteiger partial charge in [0.1, 0.15) is 28.1 Å². The number of benzene rings is 3.